The van der Waals surface area contributed by atoms with Gasteiger partial charge in [0.2, 0.25) is 0 Å². The maximum absolute atomic E-state index is 12.2. The van der Waals surface area contributed by atoms with Crippen LogP contribution in [0.3, 0.4) is 0 Å². The summed E-state index contributed by atoms with van der Waals surface area (Å²) in [5.41, 5.74) is 1.60. The first-order valence-electron chi connectivity index (χ1n) is 6.31. The Morgan fingerprint density at radius 2 is 1.95 bits per heavy atom. The zero-order valence-electron chi connectivity index (χ0n) is 10.9. The smallest absolute Gasteiger partial charge is 0.170 e. The summed E-state index contributed by atoms with van der Waals surface area (Å²) in [4.78, 5) is 13.4. The van der Waals surface area contributed by atoms with E-state index in [1.807, 2.05) is 30.5 Å². The molecule has 102 valence electrons. The molecule has 1 heterocycles. The van der Waals surface area contributed by atoms with E-state index in [1.54, 1.807) is 30.0 Å². The van der Waals surface area contributed by atoms with Crippen LogP contribution in [0.25, 0.3) is 0 Å². The van der Waals surface area contributed by atoms with Gasteiger partial charge in [-0.1, -0.05) is 23.7 Å². The number of rotatable bonds is 2. The Kier molecular flexibility index (Phi) is 3.72. The molecular formula is C16H13ClO2S. The van der Waals surface area contributed by atoms with Gasteiger partial charge in [0.25, 0.3) is 0 Å². The second kappa shape index (κ2) is 5.51. The molecule has 0 aromatic heterocycles. The van der Waals surface area contributed by atoms with Crippen molar-refractivity contribution in [1.29, 1.82) is 0 Å². The first-order chi connectivity index (χ1) is 9.67. The van der Waals surface area contributed by atoms with E-state index in [1.165, 1.54) is 4.90 Å². The molecule has 0 aliphatic carbocycles. The highest BCUT2D eigenvalue weighted by molar-refractivity contribution is 7.98. The van der Waals surface area contributed by atoms with Gasteiger partial charge in [-0.05, 0) is 42.2 Å². The monoisotopic (exact) mass is 304 g/mol. The molecule has 2 nitrogen and oxygen atoms in total. The van der Waals surface area contributed by atoms with Crippen LogP contribution in [0.2, 0.25) is 5.02 Å². The maximum Gasteiger partial charge on any atom is 0.170 e. The molecule has 2 aromatic carbocycles. The molecule has 3 rings (SSSR count). The summed E-state index contributed by atoms with van der Waals surface area (Å²) in [5.74, 6) is 0.692. The number of carbonyl (C=O) groups is 1. The van der Waals surface area contributed by atoms with Crippen LogP contribution in [-0.4, -0.2) is 12.0 Å². The Morgan fingerprint density at radius 1 is 1.20 bits per heavy atom. The van der Waals surface area contributed by atoms with Gasteiger partial charge in [0.05, 0.1) is 12.0 Å². The quantitative estimate of drug-likeness (QED) is 0.748. The molecule has 1 aliphatic heterocycles. The Labute approximate surface area is 127 Å². The van der Waals surface area contributed by atoms with Crippen molar-refractivity contribution in [3.8, 4) is 5.75 Å². The molecule has 0 fully saturated rings. The van der Waals surface area contributed by atoms with Crippen molar-refractivity contribution in [1.82, 2.24) is 0 Å². The Morgan fingerprint density at radius 3 is 2.65 bits per heavy atom. The van der Waals surface area contributed by atoms with Crippen LogP contribution in [0.15, 0.2) is 47.4 Å². The number of hydrogen-bond donors (Lipinski definition) is 0. The van der Waals surface area contributed by atoms with Gasteiger partial charge in [-0.3, -0.25) is 4.79 Å². The molecule has 1 unspecified atom stereocenters. The van der Waals surface area contributed by atoms with Crippen LogP contribution in [-0.2, 0) is 0 Å². The number of ketones is 1. The summed E-state index contributed by atoms with van der Waals surface area (Å²) in [6.07, 6.45) is 2.17. The minimum atomic E-state index is -0.216. The predicted octanol–water partition coefficient (Wildman–Crippen LogP) is 4.77. The molecule has 0 saturated heterocycles. The van der Waals surface area contributed by atoms with Crippen LogP contribution in [0.4, 0.5) is 0 Å². The van der Waals surface area contributed by atoms with Crippen molar-refractivity contribution in [2.75, 3.05) is 6.26 Å². The van der Waals surface area contributed by atoms with Crippen molar-refractivity contribution in [2.24, 2.45) is 0 Å². The standard InChI is InChI=1S/C16H13ClO2S/c1-20-12-5-2-10(3-6-12)16-9-14(18)13-8-11(17)4-7-15(13)19-16/h2-8,16H,9H2,1H3. The zero-order valence-corrected chi connectivity index (χ0v) is 12.5. The molecule has 0 N–H and O–H groups in total. The lowest BCUT2D eigenvalue weighted by atomic mass is 9.96. The van der Waals surface area contributed by atoms with Crippen LogP contribution >= 0.6 is 23.4 Å². The minimum absolute atomic E-state index is 0.0766. The van der Waals surface area contributed by atoms with Gasteiger partial charge in [0.1, 0.15) is 11.9 Å². The van der Waals surface area contributed by atoms with Gasteiger partial charge in [-0.15, -0.1) is 11.8 Å². The average Bonchev–Trinajstić information content (AvgIpc) is 2.48. The van der Waals surface area contributed by atoms with Crippen molar-refractivity contribution < 1.29 is 9.53 Å². The molecule has 4 heteroatoms. The second-order valence-electron chi connectivity index (χ2n) is 4.65. The molecular weight excluding hydrogens is 292 g/mol. The van der Waals surface area contributed by atoms with Crippen molar-refractivity contribution >= 4 is 29.1 Å². The number of benzene rings is 2. The summed E-state index contributed by atoms with van der Waals surface area (Å²) >= 11 is 7.61. The van der Waals surface area contributed by atoms with Crippen LogP contribution in [0.5, 0.6) is 5.75 Å². The normalized spacial score (nSPS) is 17.5. The van der Waals surface area contributed by atoms with Crippen LogP contribution in [0.1, 0.15) is 28.4 Å². The molecule has 0 amide bonds. The number of ether oxygens (including phenoxy) is 1. The largest absolute Gasteiger partial charge is 0.484 e. The maximum atomic E-state index is 12.2. The molecule has 1 aliphatic rings. The Bertz CT molecular complexity index is 652. The van der Waals surface area contributed by atoms with Crippen molar-refractivity contribution in [2.45, 2.75) is 17.4 Å². The number of fused-ring (bicyclic) bond motifs is 1. The Hall–Kier alpha value is -1.45. The third-order valence-corrected chi connectivity index (χ3v) is 4.35. The van der Waals surface area contributed by atoms with Gasteiger partial charge >= 0.3 is 0 Å². The first kappa shape index (κ1) is 13.5. The van der Waals surface area contributed by atoms with Crippen molar-refractivity contribution in [3.05, 3.63) is 58.6 Å². The highest BCUT2D eigenvalue weighted by Gasteiger charge is 2.27. The molecule has 20 heavy (non-hydrogen) atoms. The fourth-order valence-electron chi connectivity index (χ4n) is 2.30. The minimum Gasteiger partial charge on any atom is -0.484 e. The number of carbonyl (C=O) groups excluding carboxylic acids is 1. The van der Waals surface area contributed by atoms with E-state index < -0.39 is 0 Å². The van der Waals surface area contributed by atoms with Gasteiger partial charge in [0.15, 0.2) is 5.78 Å². The van der Waals surface area contributed by atoms with Gasteiger partial charge in [-0.2, -0.15) is 0 Å². The molecule has 0 saturated carbocycles. The third kappa shape index (κ3) is 2.56. The predicted molar refractivity (Wildman–Crippen MR) is 82.0 cm³/mol. The summed E-state index contributed by atoms with van der Waals surface area (Å²) < 4.78 is 5.93. The number of halogens is 1. The second-order valence-corrected chi connectivity index (χ2v) is 5.96. The lowest BCUT2D eigenvalue weighted by Gasteiger charge is -2.25. The average molecular weight is 305 g/mol. The van der Waals surface area contributed by atoms with Crippen LogP contribution in [0, 0.1) is 0 Å². The number of hydrogen-bond acceptors (Lipinski definition) is 3. The van der Waals surface area contributed by atoms with E-state index >= 15 is 0 Å². The van der Waals surface area contributed by atoms with E-state index in [0.717, 1.165) is 5.56 Å². The molecule has 0 bridgehead atoms. The highest BCUT2D eigenvalue weighted by atomic mass is 35.5. The zero-order chi connectivity index (χ0) is 14.1. The summed E-state index contributed by atoms with van der Waals surface area (Å²) in [6.45, 7) is 0. The van der Waals surface area contributed by atoms with E-state index in [0.29, 0.717) is 22.8 Å². The Balaban J connectivity index is 1.90. The van der Waals surface area contributed by atoms with Gasteiger partial charge in [0, 0.05) is 9.92 Å². The van der Waals surface area contributed by atoms with E-state index in [9.17, 15) is 4.79 Å². The van der Waals surface area contributed by atoms with Crippen LogP contribution < -0.4 is 4.74 Å². The van der Waals surface area contributed by atoms with Gasteiger partial charge in [-0.25, -0.2) is 0 Å². The van der Waals surface area contributed by atoms with Gasteiger partial charge < -0.3 is 4.74 Å². The highest BCUT2D eigenvalue weighted by Crippen LogP contribution is 2.36. The van der Waals surface area contributed by atoms with E-state index in [-0.39, 0.29) is 11.9 Å². The fraction of sp³-hybridized carbons (Fsp3) is 0.188. The molecule has 0 spiro atoms. The van der Waals surface area contributed by atoms with E-state index in [2.05, 4.69) is 0 Å². The summed E-state index contributed by atoms with van der Waals surface area (Å²) in [5, 5.41) is 0.559. The SMILES string of the molecule is CSc1ccc(C2CC(=O)c3cc(Cl)ccc3O2)cc1. The third-order valence-electron chi connectivity index (χ3n) is 3.37. The number of Topliss-reactive ketones (excluding diaryl/α,β-unsaturated/α-hetero) is 1. The van der Waals surface area contributed by atoms with E-state index in [4.69, 9.17) is 16.3 Å². The molecule has 0 radical (unpaired) electrons. The number of thioether (sulfide) groups is 1. The topological polar surface area (TPSA) is 26.3 Å². The first-order valence-corrected chi connectivity index (χ1v) is 7.91. The summed E-state index contributed by atoms with van der Waals surface area (Å²) in [7, 11) is 0. The fourth-order valence-corrected chi connectivity index (χ4v) is 2.88. The van der Waals surface area contributed by atoms with Crippen molar-refractivity contribution in [3.63, 3.8) is 0 Å². The lowest BCUT2D eigenvalue weighted by molar-refractivity contribution is 0.0850. The molecule has 2 aromatic rings. The molecule has 1 atom stereocenters. The lowest BCUT2D eigenvalue weighted by Crippen LogP contribution is -2.20. The summed E-state index contributed by atoms with van der Waals surface area (Å²) in [6, 6.07) is 13.3.